The van der Waals surface area contributed by atoms with Gasteiger partial charge in [0.2, 0.25) is 5.82 Å². The van der Waals surface area contributed by atoms with Crippen LogP contribution in [-0.4, -0.2) is 35.9 Å². The Morgan fingerprint density at radius 1 is 1.17 bits per heavy atom. The van der Waals surface area contributed by atoms with E-state index in [4.69, 9.17) is 9.26 Å². The predicted molar refractivity (Wildman–Crippen MR) is 86.2 cm³/mol. The quantitative estimate of drug-likeness (QED) is 0.823. The van der Waals surface area contributed by atoms with Crippen molar-refractivity contribution in [2.45, 2.75) is 70.6 Å². The van der Waals surface area contributed by atoms with Crippen LogP contribution in [0, 0.1) is 5.92 Å². The van der Waals surface area contributed by atoms with E-state index in [1.165, 1.54) is 46.0 Å². The number of hydrogen-bond acceptors (Lipinski definition) is 5. The van der Waals surface area contributed by atoms with Crippen molar-refractivity contribution in [3.63, 3.8) is 0 Å². The Morgan fingerprint density at radius 3 is 2.48 bits per heavy atom. The van der Waals surface area contributed by atoms with Gasteiger partial charge in [-0.05, 0) is 45.4 Å². The molecule has 6 heteroatoms. The number of ether oxygens (including phenoxy) is 1. The van der Waals surface area contributed by atoms with Gasteiger partial charge in [-0.15, -0.1) is 0 Å². The molecule has 0 unspecified atom stereocenters. The molecule has 2 fully saturated rings. The second-order valence-electron chi connectivity index (χ2n) is 7.40. The van der Waals surface area contributed by atoms with E-state index in [0.717, 1.165) is 32.5 Å². The van der Waals surface area contributed by atoms with Crippen molar-refractivity contribution in [1.82, 2.24) is 10.1 Å². The first kappa shape index (κ1) is 16.7. The maximum absolute atomic E-state index is 13.8. The highest BCUT2D eigenvalue weighted by Gasteiger charge is 2.29. The molecule has 0 atom stereocenters. The fourth-order valence-corrected chi connectivity index (χ4v) is 3.38. The van der Waals surface area contributed by atoms with Crippen LogP contribution in [0.4, 0.5) is 10.4 Å². The molecular formula is C17H28FN3O2. The molecule has 1 aliphatic carbocycles. The van der Waals surface area contributed by atoms with Gasteiger partial charge in [-0.3, -0.25) is 0 Å². The van der Waals surface area contributed by atoms with Crippen LogP contribution in [0.5, 0.6) is 0 Å². The first-order valence-corrected chi connectivity index (χ1v) is 8.92. The third-order valence-corrected chi connectivity index (χ3v) is 4.95. The molecule has 130 valence electrons. The van der Waals surface area contributed by atoms with Crippen LogP contribution >= 0.6 is 0 Å². The van der Waals surface area contributed by atoms with Gasteiger partial charge >= 0.3 is 6.01 Å². The Balaban J connectivity index is 1.44. The molecule has 0 bridgehead atoms. The van der Waals surface area contributed by atoms with E-state index in [1.807, 2.05) is 0 Å². The maximum Gasteiger partial charge on any atom is 0.324 e. The van der Waals surface area contributed by atoms with E-state index in [0.29, 0.717) is 18.0 Å². The van der Waals surface area contributed by atoms with Gasteiger partial charge in [0, 0.05) is 19.7 Å². The van der Waals surface area contributed by atoms with E-state index in [-0.39, 0.29) is 5.82 Å². The van der Waals surface area contributed by atoms with Crippen molar-refractivity contribution < 1.29 is 13.7 Å². The van der Waals surface area contributed by atoms with Crippen molar-refractivity contribution >= 4 is 6.01 Å². The summed E-state index contributed by atoms with van der Waals surface area (Å²) in [7, 11) is 0. The summed E-state index contributed by atoms with van der Waals surface area (Å²) in [6.07, 6.45) is 9.03. The number of alkyl halides is 1. The van der Waals surface area contributed by atoms with Gasteiger partial charge in [0.05, 0.1) is 6.10 Å². The standard InChI is InChI=1S/C17H28FN3O2/c1-17(2,18)15-19-16(23-20-15)21-10-8-13(9-11-21)12-22-14-6-4-3-5-7-14/h13-14H,3-12H2,1-2H3. The van der Waals surface area contributed by atoms with Crippen LogP contribution in [0.15, 0.2) is 4.52 Å². The smallest absolute Gasteiger partial charge is 0.324 e. The molecule has 1 saturated carbocycles. The number of rotatable bonds is 5. The number of piperidine rings is 1. The SMILES string of the molecule is CC(C)(F)c1noc(N2CCC(COC3CCCCC3)CC2)n1. The molecule has 0 radical (unpaired) electrons. The zero-order valence-electron chi connectivity index (χ0n) is 14.3. The molecule has 3 rings (SSSR count). The van der Waals surface area contributed by atoms with Gasteiger partial charge in [-0.25, -0.2) is 4.39 Å². The lowest BCUT2D eigenvalue weighted by atomic mass is 9.96. The highest BCUT2D eigenvalue weighted by molar-refractivity contribution is 5.26. The summed E-state index contributed by atoms with van der Waals surface area (Å²) >= 11 is 0. The Bertz CT molecular complexity index is 486. The molecule has 5 nitrogen and oxygen atoms in total. The molecule has 1 aliphatic heterocycles. The van der Waals surface area contributed by atoms with Crippen molar-refractivity contribution in [2.24, 2.45) is 5.92 Å². The normalized spacial score (nSPS) is 21.8. The molecule has 1 aromatic heterocycles. The van der Waals surface area contributed by atoms with Gasteiger partial charge < -0.3 is 14.2 Å². The van der Waals surface area contributed by atoms with Crippen LogP contribution in [0.1, 0.15) is 64.6 Å². The van der Waals surface area contributed by atoms with Gasteiger partial charge in [0.25, 0.3) is 0 Å². The van der Waals surface area contributed by atoms with Crippen molar-refractivity contribution in [2.75, 3.05) is 24.6 Å². The molecule has 2 aliphatic rings. The fourth-order valence-electron chi connectivity index (χ4n) is 3.38. The molecule has 0 amide bonds. The van der Waals surface area contributed by atoms with E-state index in [9.17, 15) is 4.39 Å². The highest BCUT2D eigenvalue weighted by Crippen LogP contribution is 2.27. The van der Waals surface area contributed by atoms with E-state index < -0.39 is 5.67 Å². The van der Waals surface area contributed by atoms with Crippen molar-refractivity contribution in [3.8, 4) is 0 Å². The van der Waals surface area contributed by atoms with Gasteiger partial charge in [0.1, 0.15) is 0 Å². The first-order valence-electron chi connectivity index (χ1n) is 8.92. The van der Waals surface area contributed by atoms with Crippen LogP contribution < -0.4 is 4.90 Å². The monoisotopic (exact) mass is 325 g/mol. The highest BCUT2D eigenvalue weighted by atomic mass is 19.1. The second kappa shape index (κ2) is 7.16. The number of anilines is 1. The second-order valence-corrected chi connectivity index (χ2v) is 7.40. The summed E-state index contributed by atoms with van der Waals surface area (Å²) in [5, 5.41) is 3.75. The Morgan fingerprint density at radius 2 is 1.87 bits per heavy atom. The predicted octanol–water partition coefficient (Wildman–Crippen LogP) is 3.84. The summed E-state index contributed by atoms with van der Waals surface area (Å²) in [5.41, 5.74) is -1.56. The van der Waals surface area contributed by atoms with Gasteiger partial charge in [-0.1, -0.05) is 24.4 Å². The molecular weight excluding hydrogens is 297 g/mol. The zero-order valence-corrected chi connectivity index (χ0v) is 14.3. The van der Waals surface area contributed by atoms with Crippen LogP contribution in [0.25, 0.3) is 0 Å². The Labute approximate surface area is 137 Å². The topological polar surface area (TPSA) is 51.4 Å². The summed E-state index contributed by atoms with van der Waals surface area (Å²) in [6, 6.07) is 0.442. The molecule has 1 saturated heterocycles. The third kappa shape index (κ3) is 4.43. The van der Waals surface area contributed by atoms with Crippen LogP contribution in [-0.2, 0) is 10.4 Å². The van der Waals surface area contributed by atoms with E-state index in [1.54, 1.807) is 0 Å². The Kier molecular flexibility index (Phi) is 5.19. The number of halogens is 1. The molecule has 0 N–H and O–H groups in total. The summed E-state index contributed by atoms with van der Waals surface area (Å²) in [4.78, 5) is 6.25. The number of nitrogens with zero attached hydrogens (tertiary/aromatic N) is 3. The lowest BCUT2D eigenvalue weighted by molar-refractivity contribution is 0.00342. The Hall–Kier alpha value is -1.17. The number of aromatic nitrogens is 2. The van der Waals surface area contributed by atoms with E-state index >= 15 is 0 Å². The average Bonchev–Trinajstić information content (AvgIpc) is 3.05. The molecule has 0 aromatic carbocycles. The van der Waals surface area contributed by atoms with Crippen molar-refractivity contribution in [3.05, 3.63) is 5.82 Å². The lowest BCUT2D eigenvalue weighted by Crippen LogP contribution is -2.36. The third-order valence-electron chi connectivity index (χ3n) is 4.95. The zero-order chi connectivity index (χ0) is 16.3. The minimum absolute atomic E-state index is 0.121. The van der Waals surface area contributed by atoms with Crippen LogP contribution in [0.2, 0.25) is 0 Å². The molecule has 2 heterocycles. The van der Waals surface area contributed by atoms with Crippen molar-refractivity contribution in [1.29, 1.82) is 0 Å². The number of hydrogen-bond donors (Lipinski definition) is 0. The fraction of sp³-hybridized carbons (Fsp3) is 0.882. The summed E-state index contributed by atoms with van der Waals surface area (Å²) in [5.74, 6) is 0.725. The summed E-state index contributed by atoms with van der Waals surface area (Å²) < 4.78 is 25.1. The van der Waals surface area contributed by atoms with Gasteiger partial charge in [0.15, 0.2) is 5.67 Å². The largest absolute Gasteiger partial charge is 0.378 e. The minimum atomic E-state index is -1.56. The summed E-state index contributed by atoms with van der Waals surface area (Å²) in [6.45, 7) is 5.48. The molecule has 0 spiro atoms. The van der Waals surface area contributed by atoms with Gasteiger partial charge in [-0.2, -0.15) is 4.98 Å². The maximum atomic E-state index is 13.8. The molecule has 1 aromatic rings. The van der Waals surface area contributed by atoms with Crippen LogP contribution in [0.3, 0.4) is 0 Å². The lowest BCUT2D eigenvalue weighted by Gasteiger charge is -2.32. The molecule has 23 heavy (non-hydrogen) atoms. The first-order chi connectivity index (χ1) is 11.0. The van der Waals surface area contributed by atoms with E-state index in [2.05, 4.69) is 15.0 Å². The average molecular weight is 325 g/mol. The minimum Gasteiger partial charge on any atom is -0.378 e.